The molecule has 1 aromatic carbocycles. The van der Waals surface area contributed by atoms with Crippen LogP contribution in [0.3, 0.4) is 0 Å². The van der Waals surface area contributed by atoms with Gasteiger partial charge in [0.1, 0.15) is 23.5 Å². The number of likely N-dealkylation sites (tertiary alicyclic amines) is 2. The van der Waals surface area contributed by atoms with Crippen LogP contribution in [-0.2, 0) is 4.79 Å². The van der Waals surface area contributed by atoms with Crippen LogP contribution in [0, 0.1) is 11.3 Å². The second-order valence-corrected chi connectivity index (χ2v) is 7.97. The van der Waals surface area contributed by atoms with Crippen LogP contribution >= 0.6 is 0 Å². The van der Waals surface area contributed by atoms with Crippen LogP contribution in [0.5, 0.6) is 5.75 Å². The van der Waals surface area contributed by atoms with Crippen LogP contribution in [0.15, 0.2) is 30.5 Å². The van der Waals surface area contributed by atoms with E-state index in [0.717, 1.165) is 48.3 Å². The lowest BCUT2D eigenvalue weighted by Gasteiger charge is -2.33. The smallest absolute Gasteiger partial charge is 0.237 e. The number of carbonyl (C=O) groups excluding carboxylic acids is 1. The predicted octanol–water partition coefficient (Wildman–Crippen LogP) is 2.58. The number of ether oxygens (including phenoxy) is 1. The first-order chi connectivity index (χ1) is 14.6. The number of hydrogen-bond acceptors (Lipinski definition) is 6. The molecule has 1 N–H and O–H groups in total. The molecule has 2 fully saturated rings. The van der Waals surface area contributed by atoms with E-state index in [-0.39, 0.29) is 25.4 Å². The van der Waals surface area contributed by atoms with Crippen molar-refractivity contribution in [1.82, 2.24) is 14.8 Å². The molecular weight excluding hydrogens is 385 g/mol. The quantitative estimate of drug-likeness (QED) is 0.815. The number of nitrogens with one attached hydrogen (secondary N) is 1. The van der Waals surface area contributed by atoms with Gasteiger partial charge in [-0.3, -0.25) is 14.7 Å². The molecule has 1 amide bonds. The molecule has 4 rings (SSSR count). The van der Waals surface area contributed by atoms with Crippen molar-refractivity contribution < 1.29 is 13.9 Å². The number of methoxy groups -OCH3 is 1. The lowest BCUT2D eigenvalue weighted by Crippen LogP contribution is -2.46. The first kappa shape index (κ1) is 20.4. The number of rotatable bonds is 5. The summed E-state index contributed by atoms with van der Waals surface area (Å²) in [7, 11) is 1.64. The number of amides is 1. The molecule has 158 valence electrons. The molecule has 0 spiro atoms. The predicted molar refractivity (Wildman–Crippen MR) is 112 cm³/mol. The van der Waals surface area contributed by atoms with Gasteiger partial charge < -0.3 is 15.0 Å². The van der Waals surface area contributed by atoms with E-state index in [1.165, 1.54) is 4.90 Å². The van der Waals surface area contributed by atoms with Crippen molar-refractivity contribution >= 4 is 22.5 Å². The molecule has 2 aromatic rings. The van der Waals surface area contributed by atoms with Crippen molar-refractivity contribution in [2.24, 2.45) is 0 Å². The number of nitrogens with zero attached hydrogens (tertiary/aromatic N) is 4. The van der Waals surface area contributed by atoms with Gasteiger partial charge in [-0.05, 0) is 25.0 Å². The summed E-state index contributed by atoms with van der Waals surface area (Å²) >= 11 is 0. The normalized spacial score (nSPS) is 22.8. The highest BCUT2D eigenvalue weighted by atomic mass is 19.1. The Morgan fingerprint density at radius 2 is 2.20 bits per heavy atom. The van der Waals surface area contributed by atoms with E-state index >= 15 is 0 Å². The first-order valence-electron chi connectivity index (χ1n) is 10.3. The molecular formula is C22H26FN5O2. The Hall–Kier alpha value is -2.92. The fraction of sp³-hybridized carbons (Fsp3) is 0.500. The SMILES string of the molecule is COc1cccc2cc(NC3CCN(CC(=O)N4C[C@@H](F)C[C@H]4C#N)CC3)cnc12. The van der Waals surface area contributed by atoms with Gasteiger partial charge in [0.15, 0.2) is 0 Å². The van der Waals surface area contributed by atoms with E-state index in [2.05, 4.69) is 21.3 Å². The minimum Gasteiger partial charge on any atom is -0.494 e. The summed E-state index contributed by atoms with van der Waals surface area (Å²) in [6, 6.07) is 9.64. The highest BCUT2D eigenvalue weighted by molar-refractivity contribution is 5.86. The number of aromatic nitrogens is 1. The standard InChI is InChI=1S/C22H26FN5O2/c1-30-20-4-2-3-15-9-18(12-25-22(15)20)26-17-5-7-27(8-6-17)14-21(29)28-13-16(23)10-19(28)11-24/h2-4,9,12,16-17,19,26H,5-8,10,13-14H2,1H3/t16-,19-/m0/s1. The number of nitriles is 1. The zero-order valence-corrected chi connectivity index (χ0v) is 17.1. The van der Waals surface area contributed by atoms with Gasteiger partial charge in [0, 0.05) is 30.9 Å². The van der Waals surface area contributed by atoms with E-state index in [4.69, 9.17) is 10.00 Å². The van der Waals surface area contributed by atoms with Crippen molar-refractivity contribution in [3.8, 4) is 11.8 Å². The number of benzene rings is 1. The van der Waals surface area contributed by atoms with Crippen molar-refractivity contribution in [2.45, 2.75) is 37.5 Å². The number of hydrogen-bond donors (Lipinski definition) is 1. The molecule has 7 nitrogen and oxygen atoms in total. The molecule has 3 heterocycles. The van der Waals surface area contributed by atoms with Gasteiger partial charge in [0.05, 0.1) is 38.2 Å². The summed E-state index contributed by atoms with van der Waals surface area (Å²) in [5, 5.41) is 13.7. The van der Waals surface area contributed by atoms with Gasteiger partial charge in [-0.1, -0.05) is 12.1 Å². The zero-order valence-electron chi connectivity index (χ0n) is 17.1. The van der Waals surface area contributed by atoms with Crippen molar-refractivity contribution in [3.63, 3.8) is 0 Å². The number of piperidine rings is 1. The third-order valence-corrected chi connectivity index (χ3v) is 5.93. The van der Waals surface area contributed by atoms with Crippen LogP contribution in [0.1, 0.15) is 19.3 Å². The summed E-state index contributed by atoms with van der Waals surface area (Å²) in [6.07, 6.45) is 2.65. The topological polar surface area (TPSA) is 81.5 Å². The summed E-state index contributed by atoms with van der Waals surface area (Å²) < 4.78 is 18.9. The van der Waals surface area contributed by atoms with Crippen molar-refractivity contribution in [2.75, 3.05) is 38.6 Å². The number of para-hydroxylation sites is 1. The molecule has 2 aliphatic rings. The van der Waals surface area contributed by atoms with Crippen LogP contribution in [0.4, 0.5) is 10.1 Å². The summed E-state index contributed by atoms with van der Waals surface area (Å²) in [5.74, 6) is 0.605. The van der Waals surface area contributed by atoms with E-state index in [9.17, 15) is 9.18 Å². The fourth-order valence-corrected chi connectivity index (χ4v) is 4.31. The van der Waals surface area contributed by atoms with E-state index in [0.29, 0.717) is 6.04 Å². The largest absolute Gasteiger partial charge is 0.494 e. The number of pyridine rings is 1. The number of carbonyl (C=O) groups is 1. The highest BCUT2D eigenvalue weighted by Gasteiger charge is 2.36. The number of fused-ring (bicyclic) bond motifs is 1. The average molecular weight is 411 g/mol. The van der Waals surface area contributed by atoms with Crippen molar-refractivity contribution in [1.29, 1.82) is 5.26 Å². The summed E-state index contributed by atoms with van der Waals surface area (Å²) in [6.45, 7) is 1.84. The molecule has 1 aromatic heterocycles. The van der Waals surface area contributed by atoms with Gasteiger partial charge in [0.25, 0.3) is 0 Å². The number of alkyl halides is 1. The third-order valence-electron chi connectivity index (χ3n) is 5.93. The Morgan fingerprint density at radius 1 is 1.40 bits per heavy atom. The van der Waals surface area contributed by atoms with E-state index < -0.39 is 12.2 Å². The van der Waals surface area contributed by atoms with Crippen LogP contribution in [0.2, 0.25) is 0 Å². The van der Waals surface area contributed by atoms with Crippen molar-refractivity contribution in [3.05, 3.63) is 30.5 Å². The number of halogens is 1. The molecule has 0 radical (unpaired) electrons. The van der Waals surface area contributed by atoms with Gasteiger partial charge in [-0.15, -0.1) is 0 Å². The molecule has 0 saturated carbocycles. The second-order valence-electron chi connectivity index (χ2n) is 7.97. The molecule has 0 bridgehead atoms. The number of anilines is 1. The molecule has 2 atom stereocenters. The average Bonchev–Trinajstić information content (AvgIpc) is 3.15. The Balaban J connectivity index is 1.30. The van der Waals surface area contributed by atoms with Crippen LogP contribution in [-0.4, -0.2) is 72.2 Å². The van der Waals surface area contributed by atoms with Gasteiger partial charge >= 0.3 is 0 Å². The second kappa shape index (κ2) is 8.84. The fourth-order valence-electron chi connectivity index (χ4n) is 4.31. The Kier molecular flexibility index (Phi) is 6.00. The van der Waals surface area contributed by atoms with Gasteiger partial charge in [-0.25, -0.2) is 4.39 Å². The molecule has 0 aliphatic carbocycles. The molecule has 2 saturated heterocycles. The molecule has 2 aliphatic heterocycles. The molecule has 8 heteroatoms. The highest BCUT2D eigenvalue weighted by Crippen LogP contribution is 2.26. The van der Waals surface area contributed by atoms with E-state index in [1.807, 2.05) is 30.5 Å². The maximum atomic E-state index is 13.6. The summed E-state index contributed by atoms with van der Waals surface area (Å²) in [5.41, 5.74) is 1.81. The minimum atomic E-state index is -1.09. The van der Waals surface area contributed by atoms with Gasteiger partial charge in [-0.2, -0.15) is 5.26 Å². The van der Waals surface area contributed by atoms with Crippen LogP contribution < -0.4 is 10.1 Å². The first-order valence-corrected chi connectivity index (χ1v) is 10.3. The lowest BCUT2D eigenvalue weighted by molar-refractivity contribution is -0.132. The third kappa shape index (κ3) is 4.31. The monoisotopic (exact) mass is 411 g/mol. The Labute approximate surface area is 175 Å². The van der Waals surface area contributed by atoms with Gasteiger partial charge in [0.2, 0.25) is 5.91 Å². The maximum Gasteiger partial charge on any atom is 0.237 e. The molecule has 30 heavy (non-hydrogen) atoms. The zero-order chi connectivity index (χ0) is 21.1. The Bertz CT molecular complexity index is 954. The summed E-state index contributed by atoms with van der Waals surface area (Å²) in [4.78, 5) is 20.5. The molecule has 0 unspecified atom stereocenters. The lowest BCUT2D eigenvalue weighted by atomic mass is 10.0. The minimum absolute atomic E-state index is 0.0365. The van der Waals surface area contributed by atoms with Crippen LogP contribution in [0.25, 0.3) is 10.9 Å². The van der Waals surface area contributed by atoms with E-state index in [1.54, 1.807) is 7.11 Å². The maximum absolute atomic E-state index is 13.6. The Morgan fingerprint density at radius 3 is 2.93 bits per heavy atom.